The fourth-order valence-electron chi connectivity index (χ4n) is 3.11. The monoisotopic (exact) mass is 249 g/mol. The van der Waals surface area contributed by atoms with Crippen LogP contribution in [0.2, 0.25) is 0 Å². The fourth-order valence-corrected chi connectivity index (χ4v) is 3.11. The maximum Gasteiger partial charge on any atom is 0.0937 e. The number of furan rings is 1. The van der Waals surface area contributed by atoms with Gasteiger partial charge >= 0.3 is 0 Å². The van der Waals surface area contributed by atoms with E-state index in [0.717, 1.165) is 24.9 Å². The van der Waals surface area contributed by atoms with Crippen LogP contribution in [0.4, 0.5) is 0 Å². The summed E-state index contributed by atoms with van der Waals surface area (Å²) >= 11 is 0. The van der Waals surface area contributed by atoms with Crippen molar-refractivity contribution in [1.29, 1.82) is 0 Å². The van der Waals surface area contributed by atoms with Crippen LogP contribution in [0.1, 0.15) is 57.4 Å². The first-order chi connectivity index (χ1) is 8.77. The number of hydrogen-bond donors (Lipinski definition) is 1. The molecule has 1 aromatic heterocycles. The second-order valence-corrected chi connectivity index (χ2v) is 6.11. The molecule has 0 spiro atoms. The average molecular weight is 249 g/mol. The summed E-state index contributed by atoms with van der Waals surface area (Å²) in [6, 6.07) is 2.16. The van der Waals surface area contributed by atoms with Crippen molar-refractivity contribution in [3.05, 3.63) is 24.2 Å². The van der Waals surface area contributed by atoms with Crippen LogP contribution in [-0.2, 0) is 0 Å². The molecular formula is C16H27NO. The second kappa shape index (κ2) is 6.98. The normalized spacial score (nSPS) is 25.3. The van der Waals surface area contributed by atoms with Gasteiger partial charge in [0.15, 0.2) is 0 Å². The van der Waals surface area contributed by atoms with Gasteiger partial charge in [0.2, 0.25) is 0 Å². The van der Waals surface area contributed by atoms with Gasteiger partial charge in [-0.3, -0.25) is 0 Å². The highest BCUT2D eigenvalue weighted by atomic mass is 16.3. The van der Waals surface area contributed by atoms with Crippen molar-refractivity contribution in [3.8, 4) is 0 Å². The molecular weight excluding hydrogens is 222 g/mol. The number of hydrogen-bond acceptors (Lipinski definition) is 2. The van der Waals surface area contributed by atoms with E-state index in [2.05, 4.69) is 25.2 Å². The molecule has 2 rings (SSSR count). The van der Waals surface area contributed by atoms with Gasteiger partial charge in [-0.1, -0.05) is 33.1 Å². The summed E-state index contributed by atoms with van der Waals surface area (Å²) < 4.78 is 5.28. The second-order valence-electron chi connectivity index (χ2n) is 6.11. The summed E-state index contributed by atoms with van der Waals surface area (Å²) in [6.07, 6.45) is 10.6. The molecule has 0 bridgehead atoms. The van der Waals surface area contributed by atoms with E-state index < -0.39 is 0 Å². The van der Waals surface area contributed by atoms with E-state index in [1.165, 1.54) is 37.7 Å². The number of nitrogens with one attached hydrogen (secondary N) is 1. The van der Waals surface area contributed by atoms with Crippen LogP contribution in [0.15, 0.2) is 23.0 Å². The minimum absolute atomic E-state index is 0.700. The van der Waals surface area contributed by atoms with Crippen molar-refractivity contribution >= 4 is 0 Å². The predicted molar refractivity (Wildman–Crippen MR) is 75.7 cm³/mol. The molecule has 1 aliphatic carbocycles. The molecule has 1 saturated carbocycles. The Morgan fingerprint density at radius 2 is 2.11 bits per heavy atom. The van der Waals surface area contributed by atoms with Gasteiger partial charge in [-0.25, -0.2) is 0 Å². The molecule has 0 saturated heterocycles. The molecule has 2 nitrogen and oxygen atoms in total. The molecule has 1 heterocycles. The first-order valence-corrected chi connectivity index (χ1v) is 7.50. The molecule has 18 heavy (non-hydrogen) atoms. The molecule has 2 atom stereocenters. The van der Waals surface area contributed by atoms with Crippen LogP contribution < -0.4 is 5.32 Å². The van der Waals surface area contributed by atoms with Gasteiger partial charge < -0.3 is 9.73 Å². The first kappa shape index (κ1) is 13.7. The molecule has 0 radical (unpaired) electrons. The quantitative estimate of drug-likeness (QED) is 0.792. The molecule has 1 aromatic rings. The summed E-state index contributed by atoms with van der Waals surface area (Å²) in [4.78, 5) is 0. The van der Waals surface area contributed by atoms with E-state index in [-0.39, 0.29) is 0 Å². The first-order valence-electron chi connectivity index (χ1n) is 7.50. The summed E-state index contributed by atoms with van der Waals surface area (Å²) in [6.45, 7) is 6.84. The molecule has 102 valence electrons. The summed E-state index contributed by atoms with van der Waals surface area (Å²) in [5.74, 6) is 2.22. The maximum absolute atomic E-state index is 5.28. The van der Waals surface area contributed by atoms with Gasteiger partial charge in [0.1, 0.15) is 0 Å². The van der Waals surface area contributed by atoms with Crippen LogP contribution in [0, 0.1) is 11.8 Å². The Kier molecular flexibility index (Phi) is 5.30. The van der Waals surface area contributed by atoms with E-state index in [1.807, 2.05) is 12.5 Å². The van der Waals surface area contributed by atoms with Crippen molar-refractivity contribution in [2.45, 2.75) is 51.9 Å². The molecule has 0 aliphatic heterocycles. The largest absolute Gasteiger partial charge is 0.472 e. The highest BCUT2D eigenvalue weighted by molar-refractivity contribution is 5.14. The zero-order valence-electron chi connectivity index (χ0n) is 11.8. The summed E-state index contributed by atoms with van der Waals surface area (Å²) in [7, 11) is 0. The fraction of sp³-hybridized carbons (Fsp3) is 0.750. The standard InChI is InChI=1S/C16H27NO/c1-13(2)10-17-11-14-6-4-3-5-7-16(14)15-8-9-18-12-15/h8-9,12-14,16-17H,3-7,10-11H2,1-2H3. The third-order valence-electron chi connectivity index (χ3n) is 4.09. The van der Waals surface area contributed by atoms with Gasteiger partial charge in [-0.2, -0.15) is 0 Å². The number of rotatable bonds is 5. The predicted octanol–water partition coefficient (Wildman–Crippen LogP) is 4.19. The van der Waals surface area contributed by atoms with Crippen molar-refractivity contribution in [2.24, 2.45) is 11.8 Å². The highest BCUT2D eigenvalue weighted by Gasteiger charge is 2.25. The van der Waals surface area contributed by atoms with Crippen LogP contribution in [0.3, 0.4) is 0 Å². The zero-order valence-corrected chi connectivity index (χ0v) is 11.8. The molecule has 2 heteroatoms. The van der Waals surface area contributed by atoms with Crippen molar-refractivity contribution in [1.82, 2.24) is 5.32 Å². The lowest BCUT2D eigenvalue weighted by Crippen LogP contribution is -2.29. The van der Waals surface area contributed by atoms with Crippen molar-refractivity contribution in [2.75, 3.05) is 13.1 Å². The molecule has 2 unspecified atom stereocenters. The Labute approximate surface area is 111 Å². The SMILES string of the molecule is CC(C)CNCC1CCCCCC1c1ccoc1. The Hall–Kier alpha value is -0.760. The topological polar surface area (TPSA) is 25.2 Å². The summed E-state index contributed by atoms with van der Waals surface area (Å²) in [5, 5.41) is 3.64. The minimum atomic E-state index is 0.700. The van der Waals surface area contributed by atoms with E-state index in [0.29, 0.717) is 5.92 Å². The molecule has 1 aliphatic rings. The van der Waals surface area contributed by atoms with Gasteiger partial charge in [0, 0.05) is 0 Å². The summed E-state index contributed by atoms with van der Waals surface area (Å²) in [5.41, 5.74) is 1.41. The van der Waals surface area contributed by atoms with Crippen molar-refractivity contribution < 1.29 is 4.42 Å². The van der Waals surface area contributed by atoms with E-state index in [1.54, 1.807) is 0 Å². The Morgan fingerprint density at radius 3 is 2.83 bits per heavy atom. The molecule has 0 amide bonds. The molecule has 1 N–H and O–H groups in total. The van der Waals surface area contributed by atoms with Gasteiger partial charge in [-0.05, 0) is 55.3 Å². The lowest BCUT2D eigenvalue weighted by atomic mass is 9.83. The lowest BCUT2D eigenvalue weighted by Gasteiger charge is -2.25. The molecule has 1 fully saturated rings. The maximum atomic E-state index is 5.28. The third-order valence-corrected chi connectivity index (χ3v) is 4.09. The average Bonchev–Trinajstić information content (AvgIpc) is 2.76. The van der Waals surface area contributed by atoms with Crippen LogP contribution in [0.5, 0.6) is 0 Å². The zero-order chi connectivity index (χ0) is 12.8. The van der Waals surface area contributed by atoms with E-state index in [4.69, 9.17) is 4.42 Å². The third kappa shape index (κ3) is 3.88. The Bertz CT molecular complexity index is 318. The van der Waals surface area contributed by atoms with E-state index in [9.17, 15) is 0 Å². The van der Waals surface area contributed by atoms with Gasteiger partial charge in [0.25, 0.3) is 0 Å². The van der Waals surface area contributed by atoms with Gasteiger partial charge in [-0.15, -0.1) is 0 Å². The van der Waals surface area contributed by atoms with Crippen molar-refractivity contribution in [3.63, 3.8) is 0 Å². The Balaban J connectivity index is 1.94. The smallest absolute Gasteiger partial charge is 0.0937 e. The van der Waals surface area contributed by atoms with Crippen LogP contribution >= 0.6 is 0 Å². The molecule has 0 aromatic carbocycles. The minimum Gasteiger partial charge on any atom is -0.472 e. The van der Waals surface area contributed by atoms with Crippen LogP contribution in [-0.4, -0.2) is 13.1 Å². The van der Waals surface area contributed by atoms with Crippen LogP contribution in [0.25, 0.3) is 0 Å². The highest BCUT2D eigenvalue weighted by Crippen LogP contribution is 2.36. The van der Waals surface area contributed by atoms with Gasteiger partial charge in [0.05, 0.1) is 12.5 Å². The van der Waals surface area contributed by atoms with E-state index >= 15 is 0 Å². The Morgan fingerprint density at radius 1 is 1.28 bits per heavy atom. The lowest BCUT2D eigenvalue weighted by molar-refractivity contribution is 0.364.